The molecule has 15 heavy (non-hydrogen) atoms. The van der Waals surface area contributed by atoms with E-state index < -0.39 is 0 Å². The smallest absolute Gasteiger partial charge is 0.137 e. The zero-order valence-corrected chi connectivity index (χ0v) is 9.92. The molecule has 2 nitrogen and oxygen atoms in total. The minimum absolute atomic E-state index is 0.390. The standard InChI is InChI=1S/C12H16ClNO/c1-9(14-7-4-8-14)10-5-3-6-11(15-2)12(10)13/h3,5-6,9H,4,7-8H2,1-2H3. The molecule has 1 unspecified atom stereocenters. The van der Waals surface area contributed by atoms with Gasteiger partial charge in [-0.05, 0) is 38.1 Å². The van der Waals surface area contributed by atoms with E-state index in [4.69, 9.17) is 16.3 Å². The zero-order chi connectivity index (χ0) is 10.8. The van der Waals surface area contributed by atoms with E-state index in [1.807, 2.05) is 12.1 Å². The number of hydrogen-bond acceptors (Lipinski definition) is 2. The van der Waals surface area contributed by atoms with Gasteiger partial charge in [-0.2, -0.15) is 0 Å². The van der Waals surface area contributed by atoms with Crippen LogP contribution in [0.1, 0.15) is 24.9 Å². The Labute approximate surface area is 95.8 Å². The van der Waals surface area contributed by atoms with E-state index in [9.17, 15) is 0 Å². The van der Waals surface area contributed by atoms with Crippen molar-refractivity contribution in [3.63, 3.8) is 0 Å². The van der Waals surface area contributed by atoms with Crippen molar-refractivity contribution in [3.8, 4) is 5.75 Å². The molecule has 82 valence electrons. The number of likely N-dealkylation sites (tertiary alicyclic amines) is 1. The molecule has 0 saturated carbocycles. The summed E-state index contributed by atoms with van der Waals surface area (Å²) in [5.74, 6) is 0.765. The van der Waals surface area contributed by atoms with Crippen LogP contribution in [-0.2, 0) is 0 Å². The van der Waals surface area contributed by atoms with Crippen molar-refractivity contribution >= 4 is 11.6 Å². The Bertz CT molecular complexity index is 349. The minimum atomic E-state index is 0.390. The lowest BCUT2D eigenvalue weighted by atomic mass is 10.0. The Kier molecular flexibility index (Phi) is 3.17. The number of rotatable bonds is 3. The Morgan fingerprint density at radius 3 is 2.67 bits per heavy atom. The lowest BCUT2D eigenvalue weighted by molar-refractivity contribution is 0.128. The number of ether oxygens (including phenoxy) is 1. The van der Waals surface area contributed by atoms with Crippen LogP contribution in [0.4, 0.5) is 0 Å². The van der Waals surface area contributed by atoms with Gasteiger partial charge in [0.2, 0.25) is 0 Å². The summed E-state index contributed by atoms with van der Waals surface area (Å²) in [5, 5.41) is 0.749. The van der Waals surface area contributed by atoms with Gasteiger partial charge in [0.05, 0.1) is 12.1 Å². The minimum Gasteiger partial charge on any atom is -0.495 e. The molecule has 0 aromatic heterocycles. The van der Waals surface area contributed by atoms with Gasteiger partial charge in [-0.1, -0.05) is 23.7 Å². The van der Waals surface area contributed by atoms with Crippen LogP contribution >= 0.6 is 11.6 Å². The van der Waals surface area contributed by atoms with Crippen LogP contribution in [0.5, 0.6) is 5.75 Å². The predicted molar refractivity (Wildman–Crippen MR) is 62.6 cm³/mol. The number of halogens is 1. The van der Waals surface area contributed by atoms with Crippen molar-refractivity contribution in [1.29, 1.82) is 0 Å². The predicted octanol–water partition coefficient (Wildman–Crippen LogP) is 3.12. The highest BCUT2D eigenvalue weighted by atomic mass is 35.5. The van der Waals surface area contributed by atoms with Crippen molar-refractivity contribution in [3.05, 3.63) is 28.8 Å². The molecule has 1 aromatic rings. The average molecular weight is 226 g/mol. The van der Waals surface area contributed by atoms with Crippen molar-refractivity contribution in [2.24, 2.45) is 0 Å². The second-order valence-electron chi connectivity index (χ2n) is 3.93. The number of nitrogens with zero attached hydrogens (tertiary/aromatic N) is 1. The van der Waals surface area contributed by atoms with Gasteiger partial charge in [-0.3, -0.25) is 4.90 Å². The molecule has 0 spiro atoms. The first-order valence-corrected chi connectivity index (χ1v) is 5.68. The quantitative estimate of drug-likeness (QED) is 0.784. The molecule has 1 heterocycles. The molecular weight excluding hydrogens is 210 g/mol. The molecule has 0 aliphatic carbocycles. The summed E-state index contributed by atoms with van der Waals surface area (Å²) in [6.07, 6.45) is 1.30. The molecule has 1 aromatic carbocycles. The maximum absolute atomic E-state index is 6.28. The zero-order valence-electron chi connectivity index (χ0n) is 9.16. The van der Waals surface area contributed by atoms with Crippen molar-refractivity contribution in [2.75, 3.05) is 20.2 Å². The van der Waals surface area contributed by atoms with Crippen molar-refractivity contribution in [2.45, 2.75) is 19.4 Å². The first-order chi connectivity index (χ1) is 7.24. The summed E-state index contributed by atoms with van der Waals surface area (Å²) >= 11 is 6.28. The first kappa shape index (κ1) is 10.8. The highest BCUT2D eigenvalue weighted by molar-refractivity contribution is 6.32. The maximum Gasteiger partial charge on any atom is 0.137 e. The molecule has 0 amide bonds. The van der Waals surface area contributed by atoms with Crippen LogP contribution in [0.25, 0.3) is 0 Å². The van der Waals surface area contributed by atoms with E-state index in [1.165, 1.54) is 19.5 Å². The van der Waals surface area contributed by atoms with E-state index in [-0.39, 0.29) is 0 Å². The lowest BCUT2D eigenvalue weighted by Crippen LogP contribution is -2.39. The van der Waals surface area contributed by atoms with E-state index >= 15 is 0 Å². The largest absolute Gasteiger partial charge is 0.495 e. The third-order valence-electron chi connectivity index (χ3n) is 3.10. The van der Waals surface area contributed by atoms with Gasteiger partial charge in [0.15, 0.2) is 0 Å². The van der Waals surface area contributed by atoms with Crippen LogP contribution in [-0.4, -0.2) is 25.1 Å². The first-order valence-electron chi connectivity index (χ1n) is 5.30. The molecule has 1 aliphatic heterocycles. The van der Waals surface area contributed by atoms with Crippen LogP contribution in [0, 0.1) is 0 Å². The van der Waals surface area contributed by atoms with Gasteiger partial charge >= 0.3 is 0 Å². The molecule has 0 bridgehead atoms. The Hall–Kier alpha value is -0.730. The Balaban J connectivity index is 2.26. The van der Waals surface area contributed by atoms with E-state index in [2.05, 4.69) is 17.9 Å². The van der Waals surface area contributed by atoms with E-state index in [0.717, 1.165) is 16.3 Å². The number of hydrogen-bond donors (Lipinski definition) is 0. The molecule has 3 heteroatoms. The van der Waals surface area contributed by atoms with Crippen molar-refractivity contribution < 1.29 is 4.74 Å². The van der Waals surface area contributed by atoms with Gasteiger partial charge < -0.3 is 4.74 Å². The highest BCUT2D eigenvalue weighted by Gasteiger charge is 2.23. The van der Waals surface area contributed by atoms with Gasteiger partial charge in [0, 0.05) is 6.04 Å². The SMILES string of the molecule is COc1cccc(C(C)N2CCC2)c1Cl. The van der Waals surface area contributed by atoms with Crippen LogP contribution < -0.4 is 4.74 Å². The fourth-order valence-corrected chi connectivity index (χ4v) is 2.29. The molecule has 1 aliphatic rings. The molecule has 1 saturated heterocycles. The topological polar surface area (TPSA) is 12.5 Å². The summed E-state index contributed by atoms with van der Waals surface area (Å²) in [6, 6.07) is 6.36. The van der Waals surface area contributed by atoms with E-state index in [0.29, 0.717) is 6.04 Å². The van der Waals surface area contributed by atoms with Crippen LogP contribution in [0.2, 0.25) is 5.02 Å². The normalized spacial score (nSPS) is 18.3. The highest BCUT2D eigenvalue weighted by Crippen LogP contribution is 2.35. The molecule has 0 radical (unpaired) electrons. The number of methoxy groups -OCH3 is 1. The van der Waals surface area contributed by atoms with Gasteiger partial charge in [0.25, 0.3) is 0 Å². The number of benzene rings is 1. The van der Waals surface area contributed by atoms with Crippen LogP contribution in [0.3, 0.4) is 0 Å². The second kappa shape index (κ2) is 4.42. The summed E-state index contributed by atoms with van der Waals surface area (Å²) in [7, 11) is 1.65. The van der Waals surface area contributed by atoms with Crippen LogP contribution in [0.15, 0.2) is 18.2 Å². The molecule has 2 rings (SSSR count). The third kappa shape index (κ3) is 1.97. The monoisotopic (exact) mass is 225 g/mol. The third-order valence-corrected chi connectivity index (χ3v) is 3.51. The van der Waals surface area contributed by atoms with Crippen molar-refractivity contribution in [1.82, 2.24) is 4.90 Å². The van der Waals surface area contributed by atoms with Gasteiger partial charge in [-0.25, -0.2) is 0 Å². The summed E-state index contributed by atoms with van der Waals surface area (Å²) in [4.78, 5) is 2.42. The summed E-state index contributed by atoms with van der Waals surface area (Å²) in [5.41, 5.74) is 1.16. The lowest BCUT2D eigenvalue weighted by Gasteiger charge is -2.37. The van der Waals surface area contributed by atoms with Gasteiger partial charge in [-0.15, -0.1) is 0 Å². The molecule has 1 fully saturated rings. The summed E-state index contributed by atoms with van der Waals surface area (Å²) < 4.78 is 5.22. The Morgan fingerprint density at radius 1 is 1.40 bits per heavy atom. The molecule has 1 atom stereocenters. The summed E-state index contributed by atoms with van der Waals surface area (Å²) in [6.45, 7) is 4.54. The average Bonchev–Trinajstić information content (AvgIpc) is 2.15. The fourth-order valence-electron chi connectivity index (χ4n) is 1.93. The maximum atomic E-state index is 6.28. The fraction of sp³-hybridized carbons (Fsp3) is 0.500. The van der Waals surface area contributed by atoms with Gasteiger partial charge in [0.1, 0.15) is 5.75 Å². The van der Waals surface area contributed by atoms with E-state index in [1.54, 1.807) is 7.11 Å². The second-order valence-corrected chi connectivity index (χ2v) is 4.31. The molecular formula is C12H16ClNO. The molecule has 0 N–H and O–H groups in total. The Morgan fingerprint density at radius 2 is 2.13 bits per heavy atom.